The van der Waals surface area contributed by atoms with Gasteiger partial charge in [-0.3, -0.25) is 14.5 Å². The van der Waals surface area contributed by atoms with Gasteiger partial charge in [-0.2, -0.15) is 0 Å². The van der Waals surface area contributed by atoms with E-state index in [1.54, 1.807) is 19.1 Å². The lowest BCUT2D eigenvalue weighted by Gasteiger charge is -2.15. The second-order valence-electron chi connectivity index (χ2n) is 4.75. The zero-order valence-corrected chi connectivity index (χ0v) is 11.1. The number of imide groups is 1. The smallest absolute Gasteiger partial charge is 0.252 e. The van der Waals surface area contributed by atoms with Gasteiger partial charge in [0.05, 0.1) is 6.42 Å². The molecule has 1 aliphatic heterocycles. The Hall–Kier alpha value is -1.91. The fourth-order valence-electron chi connectivity index (χ4n) is 2.19. The number of nitrogens with one attached hydrogen (secondary N) is 1. The van der Waals surface area contributed by atoms with Gasteiger partial charge in [0.15, 0.2) is 0 Å². The molecule has 1 N–H and O–H groups in total. The molecule has 0 saturated carbocycles. The minimum absolute atomic E-state index is 0.150. The van der Waals surface area contributed by atoms with Gasteiger partial charge in [0, 0.05) is 12.2 Å². The summed E-state index contributed by atoms with van der Waals surface area (Å²) in [5.74, 6) is -0.635. The number of carbonyl (C=O) groups is 2. The van der Waals surface area contributed by atoms with Gasteiger partial charge in [0.25, 0.3) is 5.91 Å². The number of hydrogen-bond donors (Lipinski definition) is 1. The molecule has 1 unspecified atom stereocenters. The molecular formula is C14H17FN2O2. The van der Waals surface area contributed by atoms with Crippen LogP contribution >= 0.6 is 0 Å². The zero-order valence-electron chi connectivity index (χ0n) is 11.1. The van der Waals surface area contributed by atoms with Crippen molar-refractivity contribution < 1.29 is 14.0 Å². The molecular weight excluding hydrogens is 247 g/mol. The number of halogens is 1. The van der Waals surface area contributed by atoms with Crippen LogP contribution < -0.4 is 5.32 Å². The second-order valence-corrected chi connectivity index (χ2v) is 4.75. The molecule has 1 heterocycles. The molecule has 0 spiro atoms. The Bertz CT molecular complexity index is 516. The molecule has 1 fully saturated rings. The Kier molecular flexibility index (Phi) is 3.83. The van der Waals surface area contributed by atoms with Crippen LogP contribution in [0.15, 0.2) is 18.2 Å². The van der Waals surface area contributed by atoms with E-state index in [1.165, 1.54) is 11.0 Å². The minimum atomic E-state index is -0.538. The molecule has 1 atom stereocenters. The van der Waals surface area contributed by atoms with Crippen LogP contribution in [0.2, 0.25) is 0 Å². The van der Waals surface area contributed by atoms with Crippen LogP contribution in [0, 0.1) is 12.7 Å². The van der Waals surface area contributed by atoms with E-state index < -0.39 is 6.04 Å². The number of nitrogens with zero attached hydrogens (tertiary/aromatic N) is 1. The highest BCUT2D eigenvalue weighted by Crippen LogP contribution is 2.20. The first-order valence-electron chi connectivity index (χ1n) is 6.39. The topological polar surface area (TPSA) is 49.4 Å². The Morgan fingerprint density at radius 2 is 2.16 bits per heavy atom. The highest BCUT2D eigenvalue weighted by Gasteiger charge is 2.37. The van der Waals surface area contributed by atoms with E-state index in [-0.39, 0.29) is 24.1 Å². The van der Waals surface area contributed by atoms with Crippen molar-refractivity contribution >= 4 is 17.5 Å². The maximum atomic E-state index is 13.2. The fraction of sp³-hybridized carbons (Fsp3) is 0.429. The monoisotopic (exact) mass is 264 g/mol. The van der Waals surface area contributed by atoms with Gasteiger partial charge in [0.1, 0.15) is 11.9 Å². The normalized spacial score (nSPS) is 19.1. The predicted molar refractivity (Wildman–Crippen MR) is 70.2 cm³/mol. The van der Waals surface area contributed by atoms with E-state index in [1.807, 2.05) is 6.92 Å². The summed E-state index contributed by atoms with van der Waals surface area (Å²) in [4.78, 5) is 25.0. The predicted octanol–water partition coefficient (Wildman–Crippen LogP) is 2.08. The molecule has 1 aromatic carbocycles. The van der Waals surface area contributed by atoms with Crippen LogP contribution in [0.3, 0.4) is 0 Å². The van der Waals surface area contributed by atoms with E-state index in [0.29, 0.717) is 17.8 Å². The summed E-state index contributed by atoms with van der Waals surface area (Å²) in [7, 11) is 0. The van der Waals surface area contributed by atoms with Crippen molar-refractivity contribution in [1.82, 2.24) is 4.90 Å². The van der Waals surface area contributed by atoms with Crippen molar-refractivity contribution in [3.8, 4) is 0 Å². The molecule has 0 bridgehead atoms. The van der Waals surface area contributed by atoms with Crippen molar-refractivity contribution in [2.24, 2.45) is 0 Å². The first-order chi connectivity index (χ1) is 9.02. The van der Waals surface area contributed by atoms with Crippen LogP contribution in [-0.4, -0.2) is 29.3 Å². The van der Waals surface area contributed by atoms with E-state index in [9.17, 15) is 14.0 Å². The maximum Gasteiger partial charge on any atom is 0.252 e. The first kappa shape index (κ1) is 13.5. The number of hydrogen-bond acceptors (Lipinski definition) is 3. The fourth-order valence-corrected chi connectivity index (χ4v) is 2.19. The Morgan fingerprint density at radius 3 is 2.79 bits per heavy atom. The van der Waals surface area contributed by atoms with Gasteiger partial charge < -0.3 is 5.32 Å². The van der Waals surface area contributed by atoms with Crippen LogP contribution in [0.4, 0.5) is 10.1 Å². The lowest BCUT2D eigenvalue weighted by molar-refractivity contribution is -0.138. The molecule has 0 aromatic heterocycles. The molecule has 1 aliphatic rings. The molecule has 1 saturated heterocycles. The number of rotatable bonds is 4. The Morgan fingerprint density at radius 1 is 1.42 bits per heavy atom. The third kappa shape index (κ3) is 2.75. The summed E-state index contributed by atoms with van der Waals surface area (Å²) in [6.45, 7) is 4.04. The lowest BCUT2D eigenvalue weighted by atomic mass is 10.2. The number of likely N-dealkylation sites (tertiary alicyclic amines) is 1. The van der Waals surface area contributed by atoms with Gasteiger partial charge in [0.2, 0.25) is 5.91 Å². The van der Waals surface area contributed by atoms with Crippen LogP contribution in [0.5, 0.6) is 0 Å². The summed E-state index contributed by atoms with van der Waals surface area (Å²) in [6, 6.07) is 4.02. The highest BCUT2D eigenvalue weighted by atomic mass is 19.1. The Balaban J connectivity index is 2.09. The number of anilines is 1. The maximum absolute atomic E-state index is 13.2. The van der Waals surface area contributed by atoms with Crippen molar-refractivity contribution in [2.45, 2.75) is 32.7 Å². The van der Waals surface area contributed by atoms with Crippen molar-refractivity contribution in [1.29, 1.82) is 0 Å². The Labute approximate surface area is 111 Å². The molecule has 2 rings (SSSR count). The van der Waals surface area contributed by atoms with Crippen LogP contribution in [0.1, 0.15) is 25.3 Å². The van der Waals surface area contributed by atoms with Crippen molar-refractivity contribution in [3.05, 3.63) is 29.6 Å². The van der Waals surface area contributed by atoms with E-state index in [4.69, 9.17) is 0 Å². The summed E-state index contributed by atoms with van der Waals surface area (Å²) in [5.41, 5.74) is 1.16. The van der Waals surface area contributed by atoms with Crippen LogP contribution in [0.25, 0.3) is 0 Å². The third-order valence-corrected chi connectivity index (χ3v) is 3.19. The highest BCUT2D eigenvalue weighted by molar-refractivity contribution is 6.06. The van der Waals surface area contributed by atoms with Gasteiger partial charge in [-0.05, 0) is 37.1 Å². The van der Waals surface area contributed by atoms with Gasteiger partial charge in [-0.25, -0.2) is 4.39 Å². The summed E-state index contributed by atoms with van der Waals surface area (Å²) < 4.78 is 13.2. The van der Waals surface area contributed by atoms with Crippen molar-refractivity contribution in [2.75, 3.05) is 11.9 Å². The quantitative estimate of drug-likeness (QED) is 0.847. The summed E-state index contributed by atoms with van der Waals surface area (Å²) in [5, 5.41) is 3.00. The standard InChI is InChI=1S/C14H17FN2O2/c1-3-6-17-13(18)8-12(14(17)19)16-10-4-5-11(15)9(2)7-10/h4-5,7,12,16H,3,6,8H2,1-2H3. The van der Waals surface area contributed by atoms with Gasteiger partial charge in [-0.15, -0.1) is 0 Å². The number of amides is 2. The molecule has 4 nitrogen and oxygen atoms in total. The van der Waals surface area contributed by atoms with E-state index in [0.717, 1.165) is 6.42 Å². The first-order valence-corrected chi connectivity index (χ1v) is 6.39. The number of benzene rings is 1. The molecule has 5 heteroatoms. The molecule has 1 aromatic rings. The van der Waals surface area contributed by atoms with Gasteiger partial charge >= 0.3 is 0 Å². The van der Waals surface area contributed by atoms with E-state index in [2.05, 4.69) is 5.32 Å². The largest absolute Gasteiger partial charge is 0.373 e. The molecule has 2 amide bonds. The minimum Gasteiger partial charge on any atom is -0.373 e. The van der Waals surface area contributed by atoms with Crippen LogP contribution in [-0.2, 0) is 9.59 Å². The summed E-state index contributed by atoms with van der Waals surface area (Å²) >= 11 is 0. The SMILES string of the molecule is CCCN1C(=O)CC(Nc2ccc(F)c(C)c2)C1=O. The molecule has 102 valence electrons. The molecule has 0 radical (unpaired) electrons. The van der Waals surface area contributed by atoms with E-state index >= 15 is 0 Å². The second kappa shape index (κ2) is 5.38. The molecule has 0 aliphatic carbocycles. The third-order valence-electron chi connectivity index (χ3n) is 3.19. The molecule has 19 heavy (non-hydrogen) atoms. The number of aryl methyl sites for hydroxylation is 1. The lowest BCUT2D eigenvalue weighted by Crippen LogP contribution is -2.35. The average molecular weight is 264 g/mol. The summed E-state index contributed by atoms with van der Waals surface area (Å²) in [6.07, 6.45) is 0.912. The van der Waals surface area contributed by atoms with Crippen molar-refractivity contribution in [3.63, 3.8) is 0 Å². The average Bonchev–Trinajstić information content (AvgIpc) is 2.62. The number of carbonyl (C=O) groups excluding carboxylic acids is 2. The van der Waals surface area contributed by atoms with Gasteiger partial charge in [-0.1, -0.05) is 6.92 Å². The zero-order chi connectivity index (χ0) is 14.0.